The zero-order chi connectivity index (χ0) is 21.5. The van der Waals surface area contributed by atoms with E-state index < -0.39 is 0 Å². The highest BCUT2D eigenvalue weighted by Gasteiger charge is 2.20. The van der Waals surface area contributed by atoms with Crippen molar-refractivity contribution in [3.8, 4) is 28.9 Å². The fourth-order valence-corrected chi connectivity index (χ4v) is 3.78. The second-order valence-electron chi connectivity index (χ2n) is 6.81. The molecular formula is C22H23N5O2S. The Morgan fingerprint density at radius 2 is 1.93 bits per heavy atom. The van der Waals surface area contributed by atoms with E-state index in [1.165, 1.54) is 11.8 Å². The molecule has 1 aromatic heterocycles. The van der Waals surface area contributed by atoms with Crippen LogP contribution in [0.1, 0.15) is 25.3 Å². The largest absolute Gasteiger partial charge is 0.497 e. The minimum atomic E-state index is -0.223. The maximum Gasteiger partial charge on any atom is 0.231 e. The molecular weight excluding hydrogens is 398 g/mol. The van der Waals surface area contributed by atoms with Gasteiger partial charge in [0.25, 0.3) is 0 Å². The summed E-state index contributed by atoms with van der Waals surface area (Å²) >= 11 is 1.29. The number of thioether (sulfide) groups is 1. The summed E-state index contributed by atoms with van der Waals surface area (Å²) in [4.78, 5) is 12.0. The second-order valence-corrected chi connectivity index (χ2v) is 7.75. The van der Waals surface area contributed by atoms with E-state index in [9.17, 15) is 4.79 Å². The van der Waals surface area contributed by atoms with Crippen molar-refractivity contribution in [1.29, 1.82) is 5.26 Å². The Bertz CT molecular complexity index is 1050. The van der Waals surface area contributed by atoms with Gasteiger partial charge >= 0.3 is 0 Å². The lowest BCUT2D eigenvalue weighted by Gasteiger charge is -2.17. The second kappa shape index (κ2) is 9.94. The number of nitrogens with one attached hydrogen (secondary N) is 1. The van der Waals surface area contributed by atoms with Crippen LogP contribution in [0, 0.1) is 11.3 Å². The first-order valence-corrected chi connectivity index (χ1v) is 10.5. The Morgan fingerprint density at radius 1 is 1.20 bits per heavy atom. The molecule has 1 N–H and O–H groups in total. The van der Waals surface area contributed by atoms with Gasteiger partial charge in [-0.05, 0) is 41.8 Å². The quantitative estimate of drug-likeness (QED) is 0.439. The molecule has 0 aliphatic rings. The van der Waals surface area contributed by atoms with Crippen LogP contribution in [-0.2, 0) is 4.79 Å². The van der Waals surface area contributed by atoms with Gasteiger partial charge in [-0.15, -0.1) is 10.2 Å². The molecule has 2 aromatic carbocycles. The fraction of sp³-hybridized carbons (Fsp3) is 0.273. The molecule has 8 heteroatoms. The van der Waals surface area contributed by atoms with Gasteiger partial charge in [-0.2, -0.15) is 5.26 Å². The molecule has 0 bridgehead atoms. The lowest BCUT2D eigenvalue weighted by Crippen LogP contribution is -2.25. The number of amides is 1. The number of benzene rings is 2. The van der Waals surface area contributed by atoms with Gasteiger partial charge in [-0.25, -0.2) is 0 Å². The van der Waals surface area contributed by atoms with Crippen molar-refractivity contribution in [3.63, 3.8) is 0 Å². The third kappa shape index (κ3) is 4.81. The summed E-state index contributed by atoms with van der Waals surface area (Å²) in [5.74, 6) is 1.66. The number of nitriles is 1. The molecule has 0 aliphatic carbocycles. The van der Waals surface area contributed by atoms with Crippen LogP contribution in [-0.4, -0.2) is 40.1 Å². The number of ether oxygens (including phenoxy) is 1. The summed E-state index contributed by atoms with van der Waals surface area (Å²) in [6, 6.07) is 17.6. The van der Waals surface area contributed by atoms with Gasteiger partial charge in [0.1, 0.15) is 12.3 Å². The van der Waals surface area contributed by atoms with Crippen LogP contribution in [0.15, 0.2) is 53.7 Å². The van der Waals surface area contributed by atoms with Crippen LogP contribution in [0.25, 0.3) is 17.1 Å². The summed E-state index contributed by atoms with van der Waals surface area (Å²) in [5, 5.41) is 20.6. The average molecular weight is 422 g/mol. The number of methoxy groups -OCH3 is 1. The number of rotatable bonds is 8. The Morgan fingerprint density at radius 3 is 2.60 bits per heavy atom. The smallest absolute Gasteiger partial charge is 0.231 e. The molecule has 0 atom stereocenters. The van der Waals surface area contributed by atoms with E-state index in [0.29, 0.717) is 16.9 Å². The molecule has 0 saturated heterocycles. The molecule has 0 spiro atoms. The number of nitrogens with zero attached hydrogens (tertiary/aromatic N) is 4. The first-order chi connectivity index (χ1) is 14.5. The van der Waals surface area contributed by atoms with E-state index >= 15 is 0 Å². The lowest BCUT2D eigenvalue weighted by atomic mass is 10.0. The van der Waals surface area contributed by atoms with Crippen molar-refractivity contribution in [3.05, 3.63) is 54.1 Å². The van der Waals surface area contributed by atoms with Crippen LogP contribution in [0.3, 0.4) is 0 Å². The number of carbonyl (C=O) groups is 1. The molecule has 0 unspecified atom stereocenters. The highest BCUT2D eigenvalue weighted by atomic mass is 32.2. The van der Waals surface area contributed by atoms with Crippen LogP contribution in [0.5, 0.6) is 5.75 Å². The van der Waals surface area contributed by atoms with E-state index in [1.807, 2.05) is 53.1 Å². The number of hydrogen-bond donors (Lipinski definition) is 1. The molecule has 0 saturated carbocycles. The van der Waals surface area contributed by atoms with E-state index in [-0.39, 0.29) is 18.2 Å². The molecule has 3 rings (SSSR count). The predicted molar refractivity (Wildman–Crippen MR) is 117 cm³/mol. The summed E-state index contributed by atoms with van der Waals surface area (Å²) in [7, 11) is 1.63. The van der Waals surface area contributed by atoms with E-state index in [0.717, 1.165) is 22.6 Å². The van der Waals surface area contributed by atoms with Gasteiger partial charge in [-0.3, -0.25) is 9.36 Å². The zero-order valence-electron chi connectivity index (χ0n) is 17.1. The Labute approximate surface area is 180 Å². The molecule has 3 aromatic rings. The zero-order valence-corrected chi connectivity index (χ0v) is 17.9. The average Bonchev–Trinajstić information content (AvgIpc) is 3.20. The molecule has 154 valence electrons. The first-order valence-electron chi connectivity index (χ1n) is 9.50. The third-order valence-corrected chi connectivity index (χ3v) is 5.41. The number of aromatic nitrogens is 3. The van der Waals surface area contributed by atoms with Crippen LogP contribution in [0.4, 0.5) is 0 Å². The van der Waals surface area contributed by atoms with Crippen molar-refractivity contribution in [1.82, 2.24) is 20.1 Å². The van der Waals surface area contributed by atoms with Gasteiger partial charge in [0, 0.05) is 5.56 Å². The molecule has 0 aliphatic heterocycles. The minimum absolute atomic E-state index is 0.0145. The summed E-state index contributed by atoms with van der Waals surface area (Å²) in [5.41, 5.74) is 3.02. The lowest BCUT2D eigenvalue weighted by molar-refractivity contribution is -0.118. The fourth-order valence-electron chi connectivity index (χ4n) is 3.01. The van der Waals surface area contributed by atoms with Crippen molar-refractivity contribution < 1.29 is 9.53 Å². The van der Waals surface area contributed by atoms with E-state index in [2.05, 4.69) is 35.4 Å². The molecule has 7 nitrogen and oxygen atoms in total. The number of para-hydroxylation sites is 1. The maximum atomic E-state index is 12.0. The van der Waals surface area contributed by atoms with Gasteiger partial charge in [0.2, 0.25) is 5.91 Å². The molecule has 0 radical (unpaired) electrons. The first kappa shape index (κ1) is 21.4. The van der Waals surface area contributed by atoms with Gasteiger partial charge in [0.05, 0.1) is 24.6 Å². The van der Waals surface area contributed by atoms with Crippen LogP contribution in [0.2, 0.25) is 0 Å². The van der Waals surface area contributed by atoms with Crippen LogP contribution >= 0.6 is 11.8 Å². The highest BCUT2D eigenvalue weighted by Crippen LogP contribution is 2.32. The van der Waals surface area contributed by atoms with Crippen molar-refractivity contribution in [2.75, 3.05) is 19.4 Å². The standard InChI is InChI=1S/C22H23N5O2S/c1-15(2)18-6-4-5-7-19(18)27-21(16-8-10-17(29-3)11-9-16)25-26-22(27)30-14-20(28)24-13-12-23/h4-11,15H,13-14H2,1-3H3,(H,24,28). The van der Waals surface area contributed by atoms with Gasteiger partial charge in [-0.1, -0.05) is 43.8 Å². The van der Waals surface area contributed by atoms with E-state index in [4.69, 9.17) is 10.00 Å². The summed E-state index contributed by atoms with van der Waals surface area (Å²) < 4.78 is 7.24. The topological polar surface area (TPSA) is 92.8 Å². The number of carbonyl (C=O) groups excluding carboxylic acids is 1. The Kier molecular flexibility index (Phi) is 7.09. The molecule has 0 fully saturated rings. The Balaban J connectivity index is 2.05. The number of hydrogen-bond acceptors (Lipinski definition) is 6. The molecule has 1 heterocycles. The molecule has 1 amide bonds. The summed E-state index contributed by atoms with van der Waals surface area (Å²) in [6.45, 7) is 4.26. The van der Waals surface area contributed by atoms with Gasteiger partial charge in [0.15, 0.2) is 11.0 Å². The normalized spacial score (nSPS) is 10.6. The molecule has 30 heavy (non-hydrogen) atoms. The van der Waals surface area contributed by atoms with Crippen molar-refractivity contribution >= 4 is 17.7 Å². The summed E-state index contributed by atoms with van der Waals surface area (Å²) in [6.07, 6.45) is 0. The Hall–Kier alpha value is -3.31. The monoisotopic (exact) mass is 421 g/mol. The minimum Gasteiger partial charge on any atom is -0.497 e. The van der Waals surface area contributed by atoms with Gasteiger partial charge < -0.3 is 10.1 Å². The third-order valence-electron chi connectivity index (χ3n) is 4.48. The SMILES string of the molecule is COc1ccc(-c2nnc(SCC(=O)NCC#N)n2-c2ccccc2C(C)C)cc1. The van der Waals surface area contributed by atoms with E-state index in [1.54, 1.807) is 7.11 Å². The van der Waals surface area contributed by atoms with Crippen molar-refractivity contribution in [2.24, 2.45) is 0 Å². The maximum absolute atomic E-state index is 12.0. The predicted octanol–water partition coefficient (Wildman–Crippen LogP) is 3.80. The van der Waals surface area contributed by atoms with Crippen molar-refractivity contribution in [2.45, 2.75) is 24.9 Å². The van der Waals surface area contributed by atoms with Crippen LogP contribution < -0.4 is 10.1 Å². The highest BCUT2D eigenvalue weighted by molar-refractivity contribution is 7.99.